The van der Waals surface area contributed by atoms with Gasteiger partial charge in [-0.2, -0.15) is 0 Å². The van der Waals surface area contributed by atoms with Crippen LogP contribution in [0.4, 0.5) is 11.5 Å². The van der Waals surface area contributed by atoms with Gasteiger partial charge in [0.1, 0.15) is 22.3 Å². The molecule has 1 aliphatic rings. The van der Waals surface area contributed by atoms with Gasteiger partial charge < -0.3 is 25.6 Å². The summed E-state index contributed by atoms with van der Waals surface area (Å²) in [5.74, 6) is 0.744. The van der Waals surface area contributed by atoms with Gasteiger partial charge in [0, 0.05) is 42.3 Å². The second kappa shape index (κ2) is 11.8. The van der Waals surface area contributed by atoms with Crippen LogP contribution in [0.5, 0.6) is 5.75 Å². The lowest BCUT2D eigenvalue weighted by atomic mass is 10.1. The second-order valence-corrected chi connectivity index (χ2v) is 9.39. The predicted octanol–water partition coefficient (Wildman–Crippen LogP) is 3.72. The van der Waals surface area contributed by atoms with Crippen LogP contribution >= 0.6 is 11.3 Å². The number of fused-ring (bicyclic) bond motifs is 6. The zero-order chi connectivity index (χ0) is 24.6. The van der Waals surface area contributed by atoms with E-state index in [-0.39, 0.29) is 11.8 Å². The number of carbonyl (C=O) groups excluding carboxylic acids is 2. The van der Waals surface area contributed by atoms with Crippen LogP contribution in [0.25, 0.3) is 10.6 Å². The Hall–Kier alpha value is -3.50. The van der Waals surface area contributed by atoms with Gasteiger partial charge in [0.25, 0.3) is 11.8 Å². The molecule has 2 aromatic heterocycles. The first-order valence-corrected chi connectivity index (χ1v) is 12.5. The van der Waals surface area contributed by atoms with E-state index in [0.29, 0.717) is 35.8 Å². The van der Waals surface area contributed by atoms with Gasteiger partial charge in [-0.1, -0.05) is 0 Å². The molecule has 0 aliphatic carbocycles. The molecule has 3 N–H and O–H groups in total. The molecule has 0 fully saturated rings. The lowest BCUT2D eigenvalue weighted by molar-refractivity contribution is 0.0949. The van der Waals surface area contributed by atoms with Crippen LogP contribution in [-0.4, -0.2) is 67.0 Å². The van der Waals surface area contributed by atoms with Crippen molar-refractivity contribution < 1.29 is 14.3 Å². The number of rotatable bonds is 4. The standard InChI is InChI=1S/C25H30N6O3S/c1-31(2)12-11-28-23(32)17-6-7-21-19(14-17)29-24(33)20-16-35-25(30-20)18-8-10-27-22(15-18)26-9-4-3-5-13-34-21/h6-8,10,14-16H,3-5,9,11-13H2,1-2H3,(H,26,27)(H,28,32)(H,29,33). The van der Waals surface area contributed by atoms with E-state index >= 15 is 0 Å². The zero-order valence-corrected chi connectivity index (χ0v) is 20.8. The minimum Gasteiger partial charge on any atom is -0.491 e. The summed E-state index contributed by atoms with van der Waals surface area (Å²) < 4.78 is 5.98. The van der Waals surface area contributed by atoms with Crippen molar-refractivity contribution in [3.63, 3.8) is 0 Å². The van der Waals surface area contributed by atoms with Crippen LogP contribution in [0.15, 0.2) is 41.9 Å². The Morgan fingerprint density at radius 3 is 2.94 bits per heavy atom. The number of nitrogens with zero attached hydrogens (tertiary/aromatic N) is 3. The van der Waals surface area contributed by atoms with Crippen molar-refractivity contribution in [1.82, 2.24) is 20.2 Å². The predicted molar refractivity (Wildman–Crippen MR) is 138 cm³/mol. The minimum absolute atomic E-state index is 0.204. The molecule has 4 rings (SSSR count). The van der Waals surface area contributed by atoms with Crippen LogP contribution < -0.4 is 20.7 Å². The van der Waals surface area contributed by atoms with E-state index < -0.39 is 0 Å². The molecule has 4 bridgehead atoms. The first-order chi connectivity index (χ1) is 17.0. The largest absolute Gasteiger partial charge is 0.491 e. The Morgan fingerprint density at radius 2 is 2.09 bits per heavy atom. The van der Waals surface area contributed by atoms with Crippen molar-refractivity contribution in [2.75, 3.05) is 51.0 Å². The summed E-state index contributed by atoms with van der Waals surface area (Å²) in [6, 6.07) is 8.92. The normalized spacial score (nSPS) is 14.2. The highest BCUT2D eigenvalue weighted by molar-refractivity contribution is 7.13. The Kier molecular flexibility index (Phi) is 8.27. The number of carbonyl (C=O) groups is 2. The average Bonchev–Trinajstić information content (AvgIpc) is 3.34. The van der Waals surface area contributed by atoms with Gasteiger partial charge in [-0.25, -0.2) is 9.97 Å². The Morgan fingerprint density at radius 1 is 1.20 bits per heavy atom. The highest BCUT2D eigenvalue weighted by Crippen LogP contribution is 2.29. The van der Waals surface area contributed by atoms with Crippen molar-refractivity contribution in [2.45, 2.75) is 19.3 Å². The van der Waals surface area contributed by atoms with E-state index in [1.165, 1.54) is 11.3 Å². The van der Waals surface area contributed by atoms with Gasteiger partial charge in [-0.05, 0) is 63.7 Å². The Balaban J connectivity index is 1.58. The van der Waals surface area contributed by atoms with Gasteiger partial charge in [-0.15, -0.1) is 11.3 Å². The molecule has 9 nitrogen and oxygen atoms in total. The monoisotopic (exact) mass is 494 g/mol. The highest BCUT2D eigenvalue weighted by atomic mass is 32.1. The molecule has 0 radical (unpaired) electrons. The van der Waals surface area contributed by atoms with Gasteiger partial charge in [0.2, 0.25) is 0 Å². The average molecular weight is 495 g/mol. The zero-order valence-electron chi connectivity index (χ0n) is 20.0. The fraction of sp³-hybridized carbons (Fsp3) is 0.360. The third kappa shape index (κ3) is 6.77. The second-order valence-electron chi connectivity index (χ2n) is 8.53. The number of benzene rings is 1. The van der Waals surface area contributed by atoms with E-state index in [1.54, 1.807) is 29.8 Å². The lowest BCUT2D eigenvalue weighted by Crippen LogP contribution is -2.31. The van der Waals surface area contributed by atoms with E-state index in [4.69, 9.17) is 4.74 Å². The van der Waals surface area contributed by atoms with Crippen LogP contribution in [0, 0.1) is 0 Å². The summed E-state index contributed by atoms with van der Waals surface area (Å²) in [5.41, 5.74) is 2.09. The number of anilines is 2. The molecule has 10 heteroatoms. The number of hydrogen-bond acceptors (Lipinski definition) is 8. The van der Waals surface area contributed by atoms with E-state index in [0.717, 1.165) is 48.7 Å². The van der Waals surface area contributed by atoms with Gasteiger partial charge in [0.05, 0.1) is 12.3 Å². The maximum absolute atomic E-state index is 13.0. The van der Waals surface area contributed by atoms with E-state index in [2.05, 4.69) is 25.9 Å². The van der Waals surface area contributed by atoms with Crippen molar-refractivity contribution in [3.8, 4) is 16.3 Å². The quantitative estimate of drug-likeness (QED) is 0.507. The molecule has 1 aromatic carbocycles. The van der Waals surface area contributed by atoms with Crippen LogP contribution in [-0.2, 0) is 0 Å². The maximum atomic E-state index is 13.0. The third-order valence-electron chi connectivity index (χ3n) is 5.46. The minimum atomic E-state index is -0.362. The number of pyridine rings is 1. The van der Waals surface area contributed by atoms with Gasteiger partial charge in [-0.3, -0.25) is 9.59 Å². The summed E-state index contributed by atoms with van der Waals surface area (Å²) >= 11 is 1.39. The van der Waals surface area contributed by atoms with Crippen molar-refractivity contribution >= 4 is 34.7 Å². The molecular weight excluding hydrogens is 464 g/mol. The smallest absolute Gasteiger partial charge is 0.275 e. The van der Waals surface area contributed by atoms with Crippen LogP contribution in [0.3, 0.4) is 0 Å². The summed E-state index contributed by atoms with van der Waals surface area (Å²) in [5, 5.41) is 11.6. The number of likely N-dealkylation sites (N-methyl/N-ethyl adjacent to an activating group) is 1. The number of thiazole rings is 1. The Labute approximate surface area is 208 Å². The fourth-order valence-corrected chi connectivity index (χ4v) is 4.35. The topological polar surface area (TPSA) is 108 Å². The number of amides is 2. The molecule has 0 spiro atoms. The van der Waals surface area contributed by atoms with E-state index in [1.807, 2.05) is 31.1 Å². The van der Waals surface area contributed by atoms with Crippen molar-refractivity contribution in [1.29, 1.82) is 0 Å². The van der Waals surface area contributed by atoms with Crippen molar-refractivity contribution in [2.24, 2.45) is 0 Å². The molecular formula is C25H30N6O3S. The SMILES string of the molecule is CN(C)CCNC(=O)c1ccc2c(c1)NC(=O)c1csc(n1)-c1ccnc(c1)NCCCCCO2. The Bertz CT molecular complexity index is 1180. The molecule has 35 heavy (non-hydrogen) atoms. The molecule has 3 aromatic rings. The molecule has 184 valence electrons. The lowest BCUT2D eigenvalue weighted by Gasteiger charge is -2.15. The number of ether oxygens (including phenoxy) is 1. The van der Waals surface area contributed by atoms with Crippen LogP contribution in [0.2, 0.25) is 0 Å². The summed E-state index contributed by atoms with van der Waals surface area (Å²) in [4.78, 5) is 36.6. The molecule has 0 atom stereocenters. The molecule has 0 saturated carbocycles. The summed E-state index contributed by atoms with van der Waals surface area (Å²) in [6.45, 7) is 2.57. The third-order valence-corrected chi connectivity index (χ3v) is 6.35. The van der Waals surface area contributed by atoms with Gasteiger partial charge in [0.15, 0.2) is 0 Å². The van der Waals surface area contributed by atoms with Gasteiger partial charge >= 0.3 is 0 Å². The maximum Gasteiger partial charge on any atom is 0.275 e. The summed E-state index contributed by atoms with van der Waals surface area (Å²) in [7, 11) is 3.90. The molecule has 1 aliphatic heterocycles. The molecule has 3 heterocycles. The molecule has 0 saturated heterocycles. The molecule has 2 amide bonds. The van der Waals surface area contributed by atoms with Crippen molar-refractivity contribution in [3.05, 3.63) is 53.2 Å². The number of nitrogens with one attached hydrogen (secondary N) is 3. The number of hydrogen-bond donors (Lipinski definition) is 3. The first kappa shape index (κ1) is 24.6. The fourth-order valence-electron chi connectivity index (χ4n) is 3.55. The number of aromatic nitrogens is 2. The first-order valence-electron chi connectivity index (χ1n) is 11.7. The highest BCUT2D eigenvalue weighted by Gasteiger charge is 2.17. The molecule has 0 unspecified atom stereocenters. The summed E-state index contributed by atoms with van der Waals surface area (Å²) in [6.07, 6.45) is 4.56. The van der Waals surface area contributed by atoms with E-state index in [9.17, 15) is 9.59 Å². The van der Waals surface area contributed by atoms with Crippen LogP contribution in [0.1, 0.15) is 40.1 Å².